The second-order valence-corrected chi connectivity index (χ2v) is 45.4. The van der Waals surface area contributed by atoms with Crippen molar-refractivity contribution in [1.82, 2.24) is 0 Å². The second kappa shape index (κ2) is 6.95. The summed E-state index contributed by atoms with van der Waals surface area (Å²) < 4.78 is 0. The van der Waals surface area contributed by atoms with Gasteiger partial charge in [0.05, 0.1) is 0 Å². The largest absolute Gasteiger partial charge is 0 e. The van der Waals surface area contributed by atoms with Crippen LogP contribution in [-0.4, -0.2) is 14.7 Å². The molecule has 0 spiro atoms. The summed E-state index contributed by atoms with van der Waals surface area (Å²) in [5.41, 5.74) is 0. The molecule has 0 aromatic heterocycles. The van der Waals surface area contributed by atoms with Crippen molar-refractivity contribution >= 4 is 51.4 Å². The van der Waals surface area contributed by atoms with E-state index in [9.17, 15) is 0 Å². The number of hydrogen-bond acceptors (Lipinski definition) is 0. The monoisotopic (exact) mass is 548 g/mol. The Hall–Kier alpha value is 2.95. The van der Waals surface area contributed by atoms with E-state index in [-0.39, 0.29) is 19.5 Å². The standard InChI is InChI=1S/Bi.3BrH.Ru/h;3*1H;/q+3;;;;/p-3. The van der Waals surface area contributed by atoms with E-state index >= 15 is 0 Å². The number of halogens is 3. The predicted molar refractivity (Wildman–Crippen MR) is 32.5 cm³/mol. The minimum Gasteiger partial charge on any atom is 0 e. The fourth-order valence-electron chi connectivity index (χ4n) is 0. The van der Waals surface area contributed by atoms with Crippen LogP contribution in [0.15, 0.2) is 0 Å². The molecule has 0 bridgehead atoms. The zero-order valence-electron chi connectivity index (χ0n) is 1.93. The molecule has 0 nitrogen and oxygen atoms in total. The fourth-order valence-corrected chi connectivity index (χ4v) is 0. The van der Waals surface area contributed by atoms with Gasteiger partial charge in [-0.25, -0.2) is 0 Å². The van der Waals surface area contributed by atoms with Crippen LogP contribution in [0, 0.1) is 0 Å². The number of hydrogen-bond donors (Lipinski definition) is 0. The molecule has 5 heavy (non-hydrogen) atoms. The topological polar surface area (TPSA) is 0 Å². The van der Waals surface area contributed by atoms with Crippen molar-refractivity contribution in [2.45, 2.75) is 0 Å². The van der Waals surface area contributed by atoms with Gasteiger partial charge in [-0.3, -0.25) is 0 Å². The molecule has 0 saturated carbocycles. The summed E-state index contributed by atoms with van der Waals surface area (Å²) in [6.45, 7) is 0. The van der Waals surface area contributed by atoms with Crippen molar-refractivity contribution in [3.8, 4) is 0 Å². The summed E-state index contributed by atoms with van der Waals surface area (Å²) in [4.78, 5) is 0. The Kier molecular flexibility index (Phi) is 15.1. The van der Waals surface area contributed by atoms with Crippen molar-refractivity contribution < 1.29 is 19.5 Å². The molecular formula is BiBr3Ru. The zero-order valence-corrected chi connectivity index (χ0v) is 11.9. The summed E-state index contributed by atoms with van der Waals surface area (Å²) in [5, 5.41) is 0. The molecule has 0 saturated heterocycles. The van der Waals surface area contributed by atoms with E-state index in [4.69, 9.17) is 0 Å². The Bertz CT molecular complexity index is 11.6. The van der Waals surface area contributed by atoms with E-state index < -0.39 is 14.7 Å². The first kappa shape index (κ1) is 10.8. The quantitative estimate of drug-likeness (QED) is 0.407. The van der Waals surface area contributed by atoms with Crippen LogP contribution >= 0.6 is 36.7 Å². The maximum absolute atomic E-state index is 3.31. The van der Waals surface area contributed by atoms with Gasteiger partial charge in [-0.2, -0.15) is 0 Å². The molecule has 5 heteroatoms. The van der Waals surface area contributed by atoms with Gasteiger partial charge in [0, 0.05) is 19.5 Å². The van der Waals surface area contributed by atoms with Gasteiger partial charge in [0.2, 0.25) is 0 Å². The molecule has 0 aromatic carbocycles. The Labute approximate surface area is 69.3 Å². The molecule has 0 N–H and O–H groups in total. The molecule has 0 fully saturated rings. The van der Waals surface area contributed by atoms with Gasteiger partial charge < -0.3 is 0 Å². The van der Waals surface area contributed by atoms with Gasteiger partial charge in [-0.15, -0.1) is 0 Å². The van der Waals surface area contributed by atoms with Crippen LogP contribution in [0.3, 0.4) is 0 Å². The first-order valence-corrected chi connectivity index (χ1v) is 23.1. The van der Waals surface area contributed by atoms with Crippen molar-refractivity contribution in [3.63, 3.8) is 0 Å². The summed E-state index contributed by atoms with van der Waals surface area (Å²) in [7, 11) is 0. The van der Waals surface area contributed by atoms with Crippen LogP contribution < -0.4 is 0 Å². The average Bonchev–Trinajstić information content (AvgIpc) is 0.811. The second-order valence-electron chi connectivity index (χ2n) is 0.192. The minimum absolute atomic E-state index is 0. The Morgan fingerprint density at radius 1 is 1.00 bits per heavy atom. The first-order chi connectivity index (χ1) is 1.73. The molecule has 0 aliphatic heterocycles. The molecule has 0 heterocycles. The van der Waals surface area contributed by atoms with Gasteiger partial charge >= 0.3 is 51.4 Å². The van der Waals surface area contributed by atoms with E-state index in [1.54, 1.807) is 0 Å². The van der Waals surface area contributed by atoms with Crippen LogP contribution in [0.1, 0.15) is 0 Å². The van der Waals surface area contributed by atoms with Crippen molar-refractivity contribution in [1.29, 1.82) is 0 Å². The molecule has 0 aliphatic rings. The predicted octanol–water partition coefficient (Wildman–Crippen LogP) is 2.15. The zero-order chi connectivity index (χ0) is 3.58. The molecule has 0 rings (SSSR count). The van der Waals surface area contributed by atoms with Crippen molar-refractivity contribution in [2.75, 3.05) is 0 Å². The third-order valence-corrected chi connectivity index (χ3v) is 0. The van der Waals surface area contributed by atoms with Gasteiger partial charge in [-0.1, -0.05) is 0 Å². The summed E-state index contributed by atoms with van der Waals surface area (Å²) in [6.07, 6.45) is 0. The summed E-state index contributed by atoms with van der Waals surface area (Å²) in [6, 6.07) is 0. The SMILES string of the molecule is [Br][Bi]([Br])[Br].[Ru]. The van der Waals surface area contributed by atoms with Gasteiger partial charge in [0.25, 0.3) is 0 Å². The van der Waals surface area contributed by atoms with E-state index in [2.05, 4.69) is 36.7 Å². The first-order valence-electron chi connectivity index (χ1n) is 0.507. The Balaban J connectivity index is 0. The van der Waals surface area contributed by atoms with E-state index in [0.29, 0.717) is 0 Å². The van der Waals surface area contributed by atoms with Crippen molar-refractivity contribution in [2.24, 2.45) is 0 Å². The maximum atomic E-state index is 3.31. The van der Waals surface area contributed by atoms with Gasteiger partial charge in [0.15, 0.2) is 0 Å². The van der Waals surface area contributed by atoms with E-state index in [1.165, 1.54) is 0 Å². The third-order valence-electron chi connectivity index (χ3n) is 0. The van der Waals surface area contributed by atoms with Crippen LogP contribution in [0.2, 0.25) is 0 Å². The van der Waals surface area contributed by atoms with Crippen LogP contribution in [-0.2, 0) is 19.5 Å². The minimum atomic E-state index is -1.16. The molecule has 0 unspecified atom stereocenters. The Morgan fingerprint density at radius 3 is 1.00 bits per heavy atom. The summed E-state index contributed by atoms with van der Waals surface area (Å²) >= 11 is 8.77. The molecule has 0 radical (unpaired) electrons. The van der Waals surface area contributed by atoms with Crippen LogP contribution in [0.5, 0.6) is 0 Å². The van der Waals surface area contributed by atoms with Crippen LogP contribution in [0.4, 0.5) is 0 Å². The van der Waals surface area contributed by atoms with E-state index in [1.807, 2.05) is 0 Å². The normalized spacial score (nSPS) is 7.20. The van der Waals surface area contributed by atoms with Crippen LogP contribution in [0.25, 0.3) is 0 Å². The van der Waals surface area contributed by atoms with E-state index in [0.717, 1.165) is 0 Å². The van der Waals surface area contributed by atoms with Gasteiger partial charge in [0.1, 0.15) is 0 Å². The molecule has 0 atom stereocenters. The smallest absolute Gasteiger partial charge is 0 e. The maximum Gasteiger partial charge on any atom is 0 e. The fraction of sp³-hybridized carbons (Fsp3) is 0. The number of rotatable bonds is 0. The molecule has 34 valence electrons. The molecule has 0 aliphatic carbocycles. The third kappa shape index (κ3) is 19.6. The Morgan fingerprint density at radius 2 is 1.00 bits per heavy atom. The average molecular weight is 550 g/mol. The molecule has 0 aromatic rings. The van der Waals surface area contributed by atoms with Crippen molar-refractivity contribution in [3.05, 3.63) is 0 Å². The molecular weight excluding hydrogens is 550 g/mol. The summed E-state index contributed by atoms with van der Waals surface area (Å²) in [5.74, 6) is 0. The molecule has 0 amide bonds. The van der Waals surface area contributed by atoms with Gasteiger partial charge in [-0.05, 0) is 0 Å².